The summed E-state index contributed by atoms with van der Waals surface area (Å²) in [6.45, 7) is 2.25. The van der Waals surface area contributed by atoms with Gasteiger partial charge >= 0.3 is 0 Å². The number of hydrogen-bond acceptors (Lipinski definition) is 2. The van der Waals surface area contributed by atoms with Crippen LogP contribution in [-0.4, -0.2) is 11.9 Å². The van der Waals surface area contributed by atoms with Crippen molar-refractivity contribution in [2.24, 2.45) is 5.92 Å². The van der Waals surface area contributed by atoms with Gasteiger partial charge in [-0.25, -0.2) is 0 Å². The van der Waals surface area contributed by atoms with Crippen molar-refractivity contribution < 1.29 is 4.79 Å². The van der Waals surface area contributed by atoms with Gasteiger partial charge < -0.3 is 5.32 Å². The lowest BCUT2D eigenvalue weighted by molar-refractivity contribution is 0.0925. The van der Waals surface area contributed by atoms with Crippen LogP contribution in [0.15, 0.2) is 14.3 Å². The average Bonchev–Trinajstić information content (AvgIpc) is 2.54. The first-order chi connectivity index (χ1) is 8.58. The van der Waals surface area contributed by atoms with E-state index in [4.69, 9.17) is 0 Å². The molecule has 0 spiro atoms. The highest BCUT2D eigenvalue weighted by Gasteiger charge is 2.23. The monoisotopic (exact) mass is 393 g/mol. The summed E-state index contributed by atoms with van der Waals surface area (Å²) in [6, 6.07) is 2.21. The molecule has 1 aliphatic carbocycles. The summed E-state index contributed by atoms with van der Waals surface area (Å²) in [4.78, 5) is 13.0. The molecule has 18 heavy (non-hydrogen) atoms. The highest BCUT2D eigenvalue weighted by atomic mass is 79.9. The van der Waals surface area contributed by atoms with Gasteiger partial charge in [0.15, 0.2) is 0 Å². The third kappa shape index (κ3) is 3.58. The molecule has 5 heteroatoms. The molecule has 0 aromatic carbocycles. The molecule has 1 saturated carbocycles. The summed E-state index contributed by atoms with van der Waals surface area (Å²) in [6.07, 6.45) is 6.16. The highest BCUT2D eigenvalue weighted by Crippen LogP contribution is 2.32. The van der Waals surface area contributed by atoms with Gasteiger partial charge in [-0.05, 0) is 56.7 Å². The van der Waals surface area contributed by atoms with E-state index in [2.05, 4.69) is 44.1 Å². The molecular formula is C13H17Br2NOS. The summed E-state index contributed by atoms with van der Waals surface area (Å²) in [5, 5.41) is 3.20. The Balaban J connectivity index is 2.01. The summed E-state index contributed by atoms with van der Waals surface area (Å²) in [5.41, 5.74) is 0. The van der Waals surface area contributed by atoms with E-state index in [9.17, 15) is 4.79 Å². The van der Waals surface area contributed by atoms with E-state index in [1.807, 2.05) is 6.07 Å². The van der Waals surface area contributed by atoms with Crippen molar-refractivity contribution in [1.82, 2.24) is 5.32 Å². The van der Waals surface area contributed by atoms with Crippen LogP contribution in [-0.2, 0) is 0 Å². The van der Waals surface area contributed by atoms with Crippen LogP contribution in [0.5, 0.6) is 0 Å². The van der Waals surface area contributed by atoms with Crippen LogP contribution in [0.1, 0.15) is 48.7 Å². The van der Waals surface area contributed by atoms with E-state index < -0.39 is 0 Å². The Hall–Kier alpha value is 0.130. The van der Waals surface area contributed by atoms with Crippen LogP contribution in [0, 0.1) is 5.92 Å². The molecule has 2 nitrogen and oxygen atoms in total. The largest absolute Gasteiger partial charge is 0.348 e. The fourth-order valence-electron chi connectivity index (χ4n) is 2.41. The Bertz CT molecular complexity index is 413. The SMILES string of the molecule is CC1CCCCCC1NC(=O)c1cc(Br)c(Br)s1. The molecule has 0 radical (unpaired) electrons. The quantitative estimate of drug-likeness (QED) is 0.704. The smallest absolute Gasteiger partial charge is 0.261 e. The van der Waals surface area contributed by atoms with Crippen molar-refractivity contribution in [1.29, 1.82) is 0 Å². The number of carbonyl (C=O) groups excluding carboxylic acids is 1. The predicted molar refractivity (Wildman–Crippen MR) is 83.2 cm³/mol. The first-order valence-corrected chi connectivity index (χ1v) is 8.74. The molecule has 0 bridgehead atoms. The molecule has 1 fully saturated rings. The molecule has 1 amide bonds. The Kier molecular flexibility index (Phi) is 5.27. The molecule has 2 atom stereocenters. The van der Waals surface area contributed by atoms with Gasteiger partial charge in [0, 0.05) is 10.5 Å². The summed E-state index contributed by atoms with van der Waals surface area (Å²) < 4.78 is 1.92. The molecule has 0 saturated heterocycles. The molecule has 100 valence electrons. The van der Waals surface area contributed by atoms with E-state index in [1.54, 1.807) is 0 Å². The van der Waals surface area contributed by atoms with Crippen molar-refractivity contribution in [2.45, 2.75) is 45.1 Å². The van der Waals surface area contributed by atoms with Crippen molar-refractivity contribution in [2.75, 3.05) is 0 Å². The number of thiophene rings is 1. The van der Waals surface area contributed by atoms with E-state index >= 15 is 0 Å². The first-order valence-electron chi connectivity index (χ1n) is 6.33. The Morgan fingerprint density at radius 2 is 2.06 bits per heavy atom. The van der Waals surface area contributed by atoms with Gasteiger partial charge in [-0.3, -0.25) is 4.79 Å². The van der Waals surface area contributed by atoms with Crippen LogP contribution < -0.4 is 5.32 Å². The molecule has 1 aromatic rings. The molecular weight excluding hydrogens is 378 g/mol. The first kappa shape index (κ1) is 14.5. The van der Waals surface area contributed by atoms with Crippen LogP contribution in [0.4, 0.5) is 0 Å². The van der Waals surface area contributed by atoms with E-state index in [0.29, 0.717) is 12.0 Å². The molecule has 1 aliphatic rings. The van der Waals surface area contributed by atoms with Crippen molar-refractivity contribution in [3.05, 3.63) is 19.2 Å². The minimum absolute atomic E-state index is 0.0603. The van der Waals surface area contributed by atoms with E-state index in [1.165, 1.54) is 37.0 Å². The molecule has 0 aliphatic heterocycles. The third-order valence-corrected chi connectivity index (χ3v) is 6.80. The maximum absolute atomic E-state index is 12.2. The van der Waals surface area contributed by atoms with Gasteiger partial charge in [0.1, 0.15) is 0 Å². The van der Waals surface area contributed by atoms with Crippen molar-refractivity contribution in [3.63, 3.8) is 0 Å². The molecule has 1 aromatic heterocycles. The molecule has 1 heterocycles. The van der Waals surface area contributed by atoms with Gasteiger partial charge in [-0.15, -0.1) is 11.3 Å². The fourth-order valence-corrected chi connectivity index (χ4v) is 4.34. The Morgan fingerprint density at radius 1 is 1.33 bits per heavy atom. The zero-order valence-corrected chi connectivity index (χ0v) is 14.3. The normalized spacial score (nSPS) is 24.6. The Labute approximate surface area is 129 Å². The third-order valence-electron chi connectivity index (χ3n) is 3.55. The summed E-state index contributed by atoms with van der Waals surface area (Å²) in [5.74, 6) is 0.647. The number of rotatable bonds is 2. The van der Waals surface area contributed by atoms with Crippen LogP contribution in [0.3, 0.4) is 0 Å². The summed E-state index contributed by atoms with van der Waals surface area (Å²) in [7, 11) is 0. The predicted octanol–water partition coefficient (Wildman–Crippen LogP) is 4.97. The Morgan fingerprint density at radius 3 is 2.72 bits per heavy atom. The number of carbonyl (C=O) groups is 1. The average molecular weight is 395 g/mol. The highest BCUT2D eigenvalue weighted by molar-refractivity contribution is 9.13. The van der Waals surface area contributed by atoms with Crippen LogP contribution in [0.2, 0.25) is 0 Å². The van der Waals surface area contributed by atoms with Gasteiger partial charge in [-0.2, -0.15) is 0 Å². The second kappa shape index (κ2) is 6.53. The van der Waals surface area contributed by atoms with Crippen LogP contribution >= 0.6 is 43.2 Å². The van der Waals surface area contributed by atoms with Gasteiger partial charge in [0.2, 0.25) is 0 Å². The number of amides is 1. The maximum Gasteiger partial charge on any atom is 0.261 e. The molecule has 2 unspecified atom stereocenters. The number of hydrogen-bond donors (Lipinski definition) is 1. The zero-order valence-electron chi connectivity index (χ0n) is 10.3. The van der Waals surface area contributed by atoms with Gasteiger partial charge in [0.05, 0.1) is 8.66 Å². The van der Waals surface area contributed by atoms with Gasteiger partial charge in [0.25, 0.3) is 5.91 Å². The number of halogens is 2. The van der Waals surface area contributed by atoms with Gasteiger partial charge in [-0.1, -0.05) is 26.2 Å². The zero-order chi connectivity index (χ0) is 13.1. The minimum Gasteiger partial charge on any atom is -0.348 e. The van der Waals surface area contributed by atoms with E-state index in [0.717, 1.165) is 19.6 Å². The van der Waals surface area contributed by atoms with Crippen molar-refractivity contribution >= 4 is 49.1 Å². The minimum atomic E-state index is 0.0603. The lowest BCUT2D eigenvalue weighted by Gasteiger charge is -2.22. The lowest BCUT2D eigenvalue weighted by Crippen LogP contribution is -2.38. The van der Waals surface area contributed by atoms with E-state index in [-0.39, 0.29) is 5.91 Å². The lowest BCUT2D eigenvalue weighted by atomic mass is 9.97. The standard InChI is InChI=1S/C13H17Br2NOS/c1-8-5-3-2-4-6-10(8)16-13(17)11-7-9(14)12(15)18-11/h7-8,10H,2-6H2,1H3,(H,16,17). The fraction of sp³-hybridized carbons (Fsp3) is 0.615. The number of nitrogens with one attached hydrogen (secondary N) is 1. The summed E-state index contributed by atoms with van der Waals surface area (Å²) >= 11 is 8.32. The van der Waals surface area contributed by atoms with Crippen LogP contribution in [0.25, 0.3) is 0 Å². The second-order valence-electron chi connectivity index (χ2n) is 4.93. The van der Waals surface area contributed by atoms with Crippen molar-refractivity contribution in [3.8, 4) is 0 Å². The molecule has 2 rings (SSSR count). The maximum atomic E-state index is 12.2. The topological polar surface area (TPSA) is 29.1 Å². The second-order valence-corrected chi connectivity index (χ2v) is 8.15. The molecule has 1 N–H and O–H groups in total.